The fraction of sp³-hybridized carbons (Fsp3) is 0.769. The summed E-state index contributed by atoms with van der Waals surface area (Å²) in [4.78, 5) is 8.18. The number of hydrogen-bond acceptors (Lipinski definition) is 4. The van der Waals surface area contributed by atoms with Crippen molar-refractivity contribution in [2.75, 3.05) is 11.4 Å². The van der Waals surface area contributed by atoms with Crippen molar-refractivity contribution in [1.29, 1.82) is 0 Å². The highest BCUT2D eigenvalue weighted by Crippen LogP contribution is 2.33. The van der Waals surface area contributed by atoms with Crippen LogP contribution >= 0.6 is 11.3 Å². The van der Waals surface area contributed by atoms with Gasteiger partial charge in [-0.2, -0.15) is 0 Å². The quantitative estimate of drug-likeness (QED) is 0.900. The molecule has 0 aromatic carbocycles. The first kappa shape index (κ1) is 12.8. The van der Waals surface area contributed by atoms with Crippen LogP contribution in [0.3, 0.4) is 0 Å². The van der Waals surface area contributed by atoms with E-state index in [1.807, 2.05) is 0 Å². The van der Waals surface area contributed by atoms with Gasteiger partial charge in [0.2, 0.25) is 0 Å². The van der Waals surface area contributed by atoms with Crippen molar-refractivity contribution in [3.63, 3.8) is 0 Å². The van der Waals surface area contributed by atoms with Crippen molar-refractivity contribution < 1.29 is 5.11 Å². The summed E-state index contributed by atoms with van der Waals surface area (Å²) in [6.45, 7) is 7.77. The van der Waals surface area contributed by atoms with Gasteiger partial charge < -0.3 is 10.0 Å². The molecule has 1 aliphatic heterocycles. The number of anilines is 1. The number of piperidine rings is 1. The van der Waals surface area contributed by atoms with Crippen molar-refractivity contribution in [2.45, 2.75) is 58.6 Å². The van der Waals surface area contributed by atoms with Crippen LogP contribution in [0.2, 0.25) is 0 Å². The first-order chi connectivity index (χ1) is 8.13. The number of nitrogens with zero attached hydrogens (tertiary/aromatic N) is 2. The van der Waals surface area contributed by atoms with Crippen LogP contribution in [-0.2, 0) is 6.61 Å². The Morgan fingerprint density at radius 2 is 2.24 bits per heavy atom. The fourth-order valence-electron chi connectivity index (χ4n) is 2.42. The van der Waals surface area contributed by atoms with E-state index in [1.54, 1.807) is 11.3 Å². The normalized spacial score (nSPS) is 21.2. The molecule has 1 fully saturated rings. The van der Waals surface area contributed by atoms with E-state index < -0.39 is 0 Å². The first-order valence-corrected chi connectivity index (χ1v) is 7.32. The highest BCUT2D eigenvalue weighted by Gasteiger charge is 2.23. The van der Waals surface area contributed by atoms with E-state index in [4.69, 9.17) is 4.98 Å². The Bertz CT molecular complexity index is 375. The Balaban J connectivity index is 2.26. The fourth-order valence-corrected chi connectivity index (χ4v) is 3.62. The minimum atomic E-state index is 0.118. The SMILES string of the molecule is CC(C)c1nc(N2CCCCC2C)sc1CO. The topological polar surface area (TPSA) is 36.4 Å². The standard InChI is InChI=1S/C13H22N2OS/c1-9(2)12-11(8-16)17-13(14-12)15-7-5-4-6-10(15)3/h9-10,16H,4-8H2,1-3H3. The third-order valence-electron chi connectivity index (χ3n) is 3.46. The zero-order valence-electron chi connectivity index (χ0n) is 10.9. The van der Waals surface area contributed by atoms with Crippen LogP contribution in [0.4, 0.5) is 5.13 Å². The summed E-state index contributed by atoms with van der Waals surface area (Å²) in [5.74, 6) is 0.391. The van der Waals surface area contributed by atoms with Crippen LogP contribution in [-0.4, -0.2) is 22.7 Å². The van der Waals surface area contributed by atoms with E-state index in [-0.39, 0.29) is 6.61 Å². The summed E-state index contributed by atoms with van der Waals surface area (Å²) >= 11 is 1.66. The molecule has 0 amide bonds. The summed E-state index contributed by atoms with van der Waals surface area (Å²) in [5.41, 5.74) is 1.07. The molecule has 4 heteroatoms. The average molecular weight is 254 g/mol. The second-order valence-corrected chi connectivity index (χ2v) is 6.22. The van der Waals surface area contributed by atoms with Crippen LogP contribution in [0.25, 0.3) is 0 Å². The number of aliphatic hydroxyl groups excluding tert-OH is 1. The number of thiazole rings is 1. The monoisotopic (exact) mass is 254 g/mol. The van der Waals surface area contributed by atoms with Crippen molar-refractivity contribution in [1.82, 2.24) is 4.98 Å². The van der Waals surface area contributed by atoms with Gasteiger partial charge in [0.25, 0.3) is 0 Å². The Labute approximate surface area is 107 Å². The minimum absolute atomic E-state index is 0.118. The number of aliphatic hydroxyl groups is 1. The van der Waals surface area contributed by atoms with E-state index in [0.29, 0.717) is 12.0 Å². The lowest BCUT2D eigenvalue weighted by atomic mass is 10.0. The molecule has 1 saturated heterocycles. The van der Waals surface area contributed by atoms with E-state index in [2.05, 4.69) is 25.7 Å². The third-order valence-corrected chi connectivity index (χ3v) is 4.55. The van der Waals surface area contributed by atoms with E-state index in [9.17, 15) is 5.11 Å². The molecule has 0 aliphatic carbocycles. The van der Waals surface area contributed by atoms with Crippen molar-refractivity contribution in [3.8, 4) is 0 Å². The van der Waals surface area contributed by atoms with Gasteiger partial charge in [0.15, 0.2) is 5.13 Å². The minimum Gasteiger partial charge on any atom is -0.391 e. The molecule has 17 heavy (non-hydrogen) atoms. The first-order valence-electron chi connectivity index (χ1n) is 6.50. The van der Waals surface area contributed by atoms with E-state index >= 15 is 0 Å². The molecule has 0 bridgehead atoms. The molecule has 96 valence electrons. The van der Waals surface area contributed by atoms with Crippen LogP contribution in [0.15, 0.2) is 0 Å². The van der Waals surface area contributed by atoms with Gasteiger partial charge >= 0.3 is 0 Å². The molecule has 1 aromatic heterocycles. The summed E-state index contributed by atoms with van der Waals surface area (Å²) in [6, 6.07) is 0.585. The summed E-state index contributed by atoms with van der Waals surface area (Å²) in [6.07, 6.45) is 3.84. The molecule has 0 spiro atoms. The molecule has 0 saturated carbocycles. The predicted molar refractivity (Wildman–Crippen MR) is 72.8 cm³/mol. The lowest BCUT2D eigenvalue weighted by Crippen LogP contribution is -2.37. The van der Waals surface area contributed by atoms with Crippen molar-refractivity contribution in [3.05, 3.63) is 10.6 Å². The van der Waals surface area contributed by atoms with Gasteiger partial charge in [-0.05, 0) is 32.1 Å². The molecular formula is C13H22N2OS. The largest absolute Gasteiger partial charge is 0.391 e. The molecule has 1 N–H and O–H groups in total. The lowest BCUT2D eigenvalue weighted by molar-refractivity contribution is 0.283. The van der Waals surface area contributed by atoms with Crippen LogP contribution in [0, 0.1) is 0 Å². The van der Waals surface area contributed by atoms with Gasteiger partial charge in [0, 0.05) is 12.6 Å². The zero-order valence-corrected chi connectivity index (χ0v) is 11.8. The Morgan fingerprint density at radius 3 is 2.76 bits per heavy atom. The molecule has 1 atom stereocenters. The second-order valence-electron chi connectivity index (χ2n) is 5.16. The van der Waals surface area contributed by atoms with Gasteiger partial charge in [0.05, 0.1) is 17.2 Å². The molecule has 0 radical (unpaired) electrons. The number of hydrogen-bond donors (Lipinski definition) is 1. The second kappa shape index (κ2) is 5.36. The predicted octanol–water partition coefficient (Wildman–Crippen LogP) is 3.14. The van der Waals surface area contributed by atoms with Crippen LogP contribution in [0.5, 0.6) is 0 Å². The maximum absolute atomic E-state index is 9.40. The number of aromatic nitrogens is 1. The molecule has 1 aliphatic rings. The summed E-state index contributed by atoms with van der Waals surface area (Å²) in [7, 11) is 0. The van der Waals surface area contributed by atoms with E-state index in [0.717, 1.165) is 22.2 Å². The average Bonchev–Trinajstić information content (AvgIpc) is 2.73. The van der Waals surface area contributed by atoms with Gasteiger partial charge in [-0.25, -0.2) is 4.98 Å². The molecule has 1 aromatic rings. The third kappa shape index (κ3) is 2.63. The molecule has 2 rings (SSSR count). The lowest BCUT2D eigenvalue weighted by Gasteiger charge is -2.33. The summed E-state index contributed by atoms with van der Waals surface area (Å²) in [5, 5.41) is 10.5. The molecular weight excluding hydrogens is 232 g/mol. The maximum Gasteiger partial charge on any atom is 0.186 e. The highest BCUT2D eigenvalue weighted by molar-refractivity contribution is 7.15. The number of rotatable bonds is 3. The Morgan fingerprint density at radius 1 is 1.47 bits per heavy atom. The Hall–Kier alpha value is -0.610. The van der Waals surface area contributed by atoms with Gasteiger partial charge in [-0.1, -0.05) is 25.2 Å². The van der Waals surface area contributed by atoms with Gasteiger partial charge in [-0.15, -0.1) is 0 Å². The van der Waals surface area contributed by atoms with Crippen molar-refractivity contribution in [2.24, 2.45) is 0 Å². The van der Waals surface area contributed by atoms with Gasteiger partial charge in [0.1, 0.15) is 0 Å². The summed E-state index contributed by atoms with van der Waals surface area (Å²) < 4.78 is 0. The van der Waals surface area contributed by atoms with Gasteiger partial charge in [-0.3, -0.25) is 0 Å². The van der Waals surface area contributed by atoms with Crippen LogP contribution < -0.4 is 4.90 Å². The maximum atomic E-state index is 9.40. The molecule has 2 heterocycles. The van der Waals surface area contributed by atoms with E-state index in [1.165, 1.54) is 19.3 Å². The van der Waals surface area contributed by atoms with Crippen molar-refractivity contribution >= 4 is 16.5 Å². The zero-order chi connectivity index (χ0) is 12.4. The highest BCUT2D eigenvalue weighted by atomic mass is 32.1. The molecule has 3 nitrogen and oxygen atoms in total. The smallest absolute Gasteiger partial charge is 0.186 e. The molecule has 1 unspecified atom stereocenters. The van der Waals surface area contributed by atoms with Crippen LogP contribution in [0.1, 0.15) is 56.5 Å². The Kier molecular flexibility index (Phi) is 4.05.